The molecule has 0 radical (unpaired) electrons. The van der Waals surface area contributed by atoms with Crippen molar-refractivity contribution in [1.29, 1.82) is 0 Å². The van der Waals surface area contributed by atoms with Crippen LogP contribution in [0.4, 0.5) is 10.1 Å². The normalized spacial score (nSPS) is 19.4. The summed E-state index contributed by atoms with van der Waals surface area (Å²) < 4.78 is 29.8. The van der Waals surface area contributed by atoms with Gasteiger partial charge in [-0.3, -0.25) is 0 Å². The van der Waals surface area contributed by atoms with Crippen molar-refractivity contribution in [3.8, 4) is 17.2 Å². The molecule has 0 aromatic heterocycles. The van der Waals surface area contributed by atoms with Crippen molar-refractivity contribution >= 4 is 5.69 Å². The van der Waals surface area contributed by atoms with Crippen molar-refractivity contribution in [3.05, 3.63) is 48.3 Å². The van der Waals surface area contributed by atoms with Crippen molar-refractivity contribution in [2.24, 2.45) is 0 Å². The highest BCUT2D eigenvalue weighted by Crippen LogP contribution is 2.35. The Morgan fingerprint density at radius 2 is 1.96 bits per heavy atom. The van der Waals surface area contributed by atoms with Gasteiger partial charge in [0.25, 0.3) is 0 Å². The molecule has 1 N–H and O–H groups in total. The van der Waals surface area contributed by atoms with Crippen LogP contribution in [0.5, 0.6) is 17.2 Å². The lowest BCUT2D eigenvalue weighted by Crippen LogP contribution is -2.54. The van der Waals surface area contributed by atoms with E-state index in [0.29, 0.717) is 12.4 Å². The molecule has 24 heavy (non-hydrogen) atoms. The van der Waals surface area contributed by atoms with Crippen LogP contribution >= 0.6 is 0 Å². The number of fused-ring (bicyclic) bond motifs is 1. The Morgan fingerprint density at radius 3 is 2.83 bits per heavy atom. The molecule has 1 unspecified atom stereocenters. The van der Waals surface area contributed by atoms with Gasteiger partial charge in [0.05, 0.1) is 6.04 Å². The molecule has 2 aromatic carbocycles. The van der Waals surface area contributed by atoms with Crippen LogP contribution in [0.1, 0.15) is 0 Å². The number of halogens is 1. The summed E-state index contributed by atoms with van der Waals surface area (Å²) in [6.07, 6.45) is 0. The van der Waals surface area contributed by atoms with Gasteiger partial charge in [0.2, 0.25) is 6.79 Å². The predicted molar refractivity (Wildman–Crippen MR) is 88.5 cm³/mol. The van der Waals surface area contributed by atoms with Gasteiger partial charge < -0.3 is 24.4 Å². The fourth-order valence-corrected chi connectivity index (χ4v) is 3.04. The van der Waals surface area contributed by atoms with E-state index in [0.717, 1.165) is 36.8 Å². The zero-order valence-corrected chi connectivity index (χ0v) is 13.2. The van der Waals surface area contributed by atoms with Gasteiger partial charge in [0.15, 0.2) is 11.5 Å². The van der Waals surface area contributed by atoms with Crippen LogP contribution in [-0.4, -0.2) is 39.1 Å². The third kappa shape index (κ3) is 3.10. The standard InChI is InChI=1S/C18H19FN2O3/c19-13-1-3-14(4-2-13)21-8-7-20-10-15(21)11-22-16-5-6-17-18(9-16)24-12-23-17/h1-6,9,15,20H,7-8,10-12H2. The maximum absolute atomic E-state index is 13.2. The van der Waals surface area contributed by atoms with E-state index in [1.807, 2.05) is 30.3 Å². The van der Waals surface area contributed by atoms with Gasteiger partial charge in [0.1, 0.15) is 18.2 Å². The second-order valence-corrected chi connectivity index (χ2v) is 5.85. The van der Waals surface area contributed by atoms with E-state index in [4.69, 9.17) is 14.2 Å². The Kier molecular flexibility index (Phi) is 4.13. The quantitative estimate of drug-likeness (QED) is 0.933. The van der Waals surface area contributed by atoms with Gasteiger partial charge in [-0.25, -0.2) is 4.39 Å². The maximum atomic E-state index is 13.2. The van der Waals surface area contributed by atoms with Gasteiger partial charge in [-0.2, -0.15) is 0 Å². The van der Waals surface area contributed by atoms with E-state index >= 15 is 0 Å². The summed E-state index contributed by atoms with van der Waals surface area (Å²) in [5.41, 5.74) is 1.01. The minimum absolute atomic E-state index is 0.176. The van der Waals surface area contributed by atoms with Gasteiger partial charge >= 0.3 is 0 Å². The first-order chi connectivity index (χ1) is 11.8. The molecule has 1 atom stereocenters. The Morgan fingerprint density at radius 1 is 1.12 bits per heavy atom. The Hall–Kier alpha value is -2.47. The average Bonchev–Trinajstić information content (AvgIpc) is 3.09. The zero-order valence-electron chi connectivity index (χ0n) is 13.2. The summed E-state index contributed by atoms with van der Waals surface area (Å²) >= 11 is 0. The first-order valence-corrected chi connectivity index (χ1v) is 8.05. The maximum Gasteiger partial charge on any atom is 0.231 e. The van der Waals surface area contributed by atoms with E-state index in [1.54, 1.807) is 0 Å². The Bertz CT molecular complexity index is 708. The number of nitrogens with zero attached hydrogens (tertiary/aromatic N) is 1. The van der Waals surface area contributed by atoms with Crippen molar-refractivity contribution in [3.63, 3.8) is 0 Å². The largest absolute Gasteiger partial charge is 0.491 e. The lowest BCUT2D eigenvalue weighted by Gasteiger charge is -2.37. The lowest BCUT2D eigenvalue weighted by molar-refractivity contribution is 0.173. The van der Waals surface area contributed by atoms with Crippen molar-refractivity contribution in [2.75, 3.05) is 37.9 Å². The highest BCUT2D eigenvalue weighted by molar-refractivity contribution is 5.49. The van der Waals surface area contributed by atoms with E-state index in [9.17, 15) is 4.39 Å². The zero-order chi connectivity index (χ0) is 16.4. The minimum Gasteiger partial charge on any atom is -0.491 e. The van der Waals surface area contributed by atoms with E-state index in [2.05, 4.69) is 10.2 Å². The predicted octanol–water partition coefficient (Wildman–Crippen LogP) is 2.41. The van der Waals surface area contributed by atoms with E-state index < -0.39 is 0 Å². The molecular formula is C18H19FN2O3. The number of hydrogen-bond acceptors (Lipinski definition) is 5. The number of benzene rings is 2. The van der Waals surface area contributed by atoms with Crippen LogP contribution < -0.4 is 24.4 Å². The monoisotopic (exact) mass is 330 g/mol. The summed E-state index contributed by atoms with van der Waals surface area (Å²) in [4.78, 5) is 2.25. The second-order valence-electron chi connectivity index (χ2n) is 5.85. The Balaban J connectivity index is 1.44. The van der Waals surface area contributed by atoms with E-state index in [-0.39, 0.29) is 18.7 Å². The van der Waals surface area contributed by atoms with Crippen molar-refractivity contribution in [2.45, 2.75) is 6.04 Å². The molecule has 5 nitrogen and oxygen atoms in total. The summed E-state index contributed by atoms with van der Waals surface area (Å²) in [5, 5.41) is 3.38. The third-order valence-corrected chi connectivity index (χ3v) is 4.29. The number of ether oxygens (including phenoxy) is 3. The minimum atomic E-state index is -0.220. The van der Waals surface area contributed by atoms with Crippen LogP contribution in [0.15, 0.2) is 42.5 Å². The van der Waals surface area contributed by atoms with Crippen molar-refractivity contribution < 1.29 is 18.6 Å². The molecule has 0 bridgehead atoms. The Labute approximate surface area is 139 Å². The van der Waals surface area contributed by atoms with Crippen molar-refractivity contribution in [1.82, 2.24) is 5.32 Å². The average molecular weight is 330 g/mol. The molecule has 2 aromatic rings. The number of anilines is 1. The number of piperazine rings is 1. The number of nitrogens with one attached hydrogen (secondary N) is 1. The highest BCUT2D eigenvalue weighted by atomic mass is 19.1. The number of rotatable bonds is 4. The van der Waals surface area contributed by atoms with Gasteiger partial charge in [-0.05, 0) is 36.4 Å². The molecule has 0 aliphatic carbocycles. The molecule has 1 fully saturated rings. The van der Waals surface area contributed by atoms with Crippen LogP contribution in [-0.2, 0) is 0 Å². The SMILES string of the molecule is Fc1ccc(N2CCNCC2COc2ccc3c(c2)OCO3)cc1. The molecule has 2 heterocycles. The van der Waals surface area contributed by atoms with Gasteiger partial charge in [-0.15, -0.1) is 0 Å². The highest BCUT2D eigenvalue weighted by Gasteiger charge is 2.23. The summed E-state index contributed by atoms with van der Waals surface area (Å²) in [6, 6.07) is 12.4. The topological polar surface area (TPSA) is 43.0 Å². The molecule has 126 valence electrons. The molecule has 6 heteroatoms. The second kappa shape index (κ2) is 6.57. The fraction of sp³-hybridized carbons (Fsp3) is 0.333. The summed E-state index contributed by atoms with van der Waals surface area (Å²) in [7, 11) is 0. The molecule has 2 aliphatic rings. The van der Waals surface area contributed by atoms with E-state index in [1.165, 1.54) is 12.1 Å². The van der Waals surface area contributed by atoms with Crippen LogP contribution in [0.25, 0.3) is 0 Å². The van der Waals surface area contributed by atoms with Gasteiger partial charge in [-0.1, -0.05) is 0 Å². The molecular weight excluding hydrogens is 311 g/mol. The van der Waals surface area contributed by atoms with Crippen LogP contribution in [0.2, 0.25) is 0 Å². The van der Waals surface area contributed by atoms with Crippen LogP contribution in [0, 0.1) is 5.82 Å². The molecule has 0 spiro atoms. The first kappa shape index (κ1) is 15.1. The summed E-state index contributed by atoms with van der Waals surface area (Å²) in [5.74, 6) is 1.99. The molecule has 0 saturated carbocycles. The van der Waals surface area contributed by atoms with Gasteiger partial charge in [0, 0.05) is 31.4 Å². The van der Waals surface area contributed by atoms with Crippen LogP contribution in [0.3, 0.4) is 0 Å². The fourth-order valence-electron chi connectivity index (χ4n) is 3.04. The molecule has 2 aliphatic heterocycles. The summed E-state index contributed by atoms with van der Waals surface area (Å²) in [6.45, 7) is 3.37. The third-order valence-electron chi connectivity index (χ3n) is 4.29. The molecule has 0 amide bonds. The number of hydrogen-bond donors (Lipinski definition) is 1. The smallest absolute Gasteiger partial charge is 0.231 e. The molecule has 1 saturated heterocycles. The first-order valence-electron chi connectivity index (χ1n) is 8.05. The lowest BCUT2D eigenvalue weighted by atomic mass is 10.1. The molecule has 4 rings (SSSR count).